The summed E-state index contributed by atoms with van der Waals surface area (Å²) in [5.74, 6) is 0. The number of nitrogens with zero attached hydrogens (tertiary/aromatic N) is 1. The number of hydrogen-bond donors (Lipinski definition) is 0. The van der Waals surface area contributed by atoms with Gasteiger partial charge in [0.05, 0.1) is 16.8 Å². The quantitative estimate of drug-likeness (QED) is 0.184. The SMILES string of the molecule is c1cc(-c2cccc3ccccc23)cc(N(c2cccc3c2ccc2c4ccccc4ccc32)c2cccc3oc4ccccc4c23)c1. The van der Waals surface area contributed by atoms with Crippen molar-refractivity contribution in [1.29, 1.82) is 0 Å². The predicted octanol–water partition coefficient (Wildman–Crippen LogP) is 13.3. The summed E-state index contributed by atoms with van der Waals surface area (Å²) < 4.78 is 6.42. The molecule has 48 heavy (non-hydrogen) atoms. The van der Waals surface area contributed by atoms with E-state index in [2.05, 4.69) is 175 Å². The highest BCUT2D eigenvalue weighted by molar-refractivity contribution is 6.21. The van der Waals surface area contributed by atoms with Crippen molar-refractivity contribution in [3.05, 3.63) is 176 Å². The Morgan fingerprint density at radius 2 is 0.938 bits per heavy atom. The van der Waals surface area contributed by atoms with Gasteiger partial charge >= 0.3 is 0 Å². The van der Waals surface area contributed by atoms with E-state index in [1.807, 2.05) is 6.07 Å². The monoisotopic (exact) mass is 611 g/mol. The Labute approximate surface area is 277 Å². The molecule has 1 aromatic heterocycles. The molecule has 2 heteroatoms. The lowest BCUT2D eigenvalue weighted by molar-refractivity contribution is 0.669. The molecule has 0 aliphatic heterocycles. The molecule has 0 bridgehead atoms. The zero-order valence-corrected chi connectivity index (χ0v) is 26.1. The number of fused-ring (bicyclic) bond motifs is 9. The Morgan fingerprint density at radius 3 is 1.85 bits per heavy atom. The van der Waals surface area contributed by atoms with Gasteiger partial charge in [-0.3, -0.25) is 0 Å². The molecule has 0 fully saturated rings. The maximum Gasteiger partial charge on any atom is 0.137 e. The summed E-state index contributed by atoms with van der Waals surface area (Å²) in [6.45, 7) is 0. The first-order chi connectivity index (χ1) is 23.8. The van der Waals surface area contributed by atoms with Crippen LogP contribution in [0.3, 0.4) is 0 Å². The number of anilines is 3. The van der Waals surface area contributed by atoms with Gasteiger partial charge in [-0.05, 0) is 85.2 Å². The van der Waals surface area contributed by atoms with E-state index in [4.69, 9.17) is 4.42 Å². The minimum absolute atomic E-state index is 0.876. The van der Waals surface area contributed by atoms with Gasteiger partial charge in [-0.25, -0.2) is 0 Å². The lowest BCUT2D eigenvalue weighted by Crippen LogP contribution is -2.11. The Morgan fingerprint density at radius 1 is 0.354 bits per heavy atom. The number of furan rings is 1. The van der Waals surface area contributed by atoms with Gasteiger partial charge in [-0.2, -0.15) is 0 Å². The van der Waals surface area contributed by atoms with Crippen LogP contribution in [0.4, 0.5) is 17.1 Å². The first-order valence-corrected chi connectivity index (χ1v) is 16.4. The molecule has 224 valence electrons. The van der Waals surface area contributed by atoms with Crippen molar-refractivity contribution in [2.24, 2.45) is 0 Å². The number of para-hydroxylation sites is 1. The van der Waals surface area contributed by atoms with E-state index >= 15 is 0 Å². The zero-order valence-electron chi connectivity index (χ0n) is 26.1. The van der Waals surface area contributed by atoms with Crippen molar-refractivity contribution in [2.45, 2.75) is 0 Å². The van der Waals surface area contributed by atoms with Gasteiger partial charge in [0.1, 0.15) is 11.2 Å². The molecule has 0 aliphatic carbocycles. The molecule has 0 spiro atoms. The number of hydrogen-bond acceptors (Lipinski definition) is 2. The maximum absolute atomic E-state index is 6.42. The van der Waals surface area contributed by atoms with Crippen LogP contribution in [0.5, 0.6) is 0 Å². The minimum atomic E-state index is 0.876. The van der Waals surface area contributed by atoms with Crippen LogP contribution in [-0.2, 0) is 0 Å². The second kappa shape index (κ2) is 10.6. The Bertz CT molecular complexity index is 2860. The fourth-order valence-corrected chi connectivity index (χ4v) is 7.67. The van der Waals surface area contributed by atoms with Crippen molar-refractivity contribution >= 4 is 82.1 Å². The molecular formula is C46H29NO. The van der Waals surface area contributed by atoms with Gasteiger partial charge in [0.15, 0.2) is 0 Å². The van der Waals surface area contributed by atoms with Gasteiger partial charge in [0.2, 0.25) is 0 Å². The number of rotatable bonds is 4. The van der Waals surface area contributed by atoms with E-state index in [9.17, 15) is 0 Å². The molecule has 0 saturated carbocycles. The average Bonchev–Trinajstić information content (AvgIpc) is 3.54. The van der Waals surface area contributed by atoms with E-state index in [-0.39, 0.29) is 0 Å². The van der Waals surface area contributed by atoms with Crippen LogP contribution in [0.1, 0.15) is 0 Å². The van der Waals surface area contributed by atoms with Crippen molar-refractivity contribution in [3.8, 4) is 11.1 Å². The molecule has 0 saturated heterocycles. The molecule has 0 unspecified atom stereocenters. The van der Waals surface area contributed by atoms with Crippen molar-refractivity contribution in [2.75, 3.05) is 4.90 Å². The van der Waals surface area contributed by atoms with E-state index in [1.54, 1.807) is 0 Å². The van der Waals surface area contributed by atoms with Gasteiger partial charge in [0.25, 0.3) is 0 Å². The molecule has 10 rings (SSSR count). The molecule has 10 aromatic rings. The van der Waals surface area contributed by atoms with E-state index in [0.29, 0.717) is 0 Å². The molecule has 0 amide bonds. The molecule has 9 aromatic carbocycles. The molecule has 0 radical (unpaired) electrons. The summed E-state index contributed by atoms with van der Waals surface area (Å²) in [6, 6.07) is 63.4. The number of benzene rings is 9. The summed E-state index contributed by atoms with van der Waals surface area (Å²) in [7, 11) is 0. The van der Waals surface area contributed by atoms with Crippen molar-refractivity contribution in [3.63, 3.8) is 0 Å². The van der Waals surface area contributed by atoms with Crippen LogP contribution in [-0.4, -0.2) is 0 Å². The summed E-state index contributed by atoms with van der Waals surface area (Å²) in [4.78, 5) is 2.42. The van der Waals surface area contributed by atoms with Crippen LogP contribution in [0, 0.1) is 0 Å². The standard InChI is InChI=1S/C46H29NO/c1-3-16-34-30(11-1)13-8-19-36(34)32-14-7-15-33(29-32)47(43-22-10-24-45-46(43)41-18-5-6-23-44(41)48-45)42-21-9-20-37-39-26-25-31-12-2-4-17-35(31)38(39)27-28-40(37)42/h1-29H. The molecular weight excluding hydrogens is 583 g/mol. The second-order valence-corrected chi connectivity index (χ2v) is 12.5. The summed E-state index contributed by atoms with van der Waals surface area (Å²) in [6.07, 6.45) is 0. The lowest BCUT2D eigenvalue weighted by Gasteiger charge is -2.28. The maximum atomic E-state index is 6.42. The summed E-state index contributed by atoms with van der Waals surface area (Å²) >= 11 is 0. The topological polar surface area (TPSA) is 16.4 Å². The van der Waals surface area contributed by atoms with Crippen LogP contribution in [0.25, 0.3) is 76.2 Å². The Kier molecular flexibility index (Phi) is 5.91. The second-order valence-electron chi connectivity index (χ2n) is 12.5. The molecule has 2 nitrogen and oxygen atoms in total. The van der Waals surface area contributed by atoms with Gasteiger partial charge < -0.3 is 9.32 Å². The largest absolute Gasteiger partial charge is 0.456 e. The fraction of sp³-hybridized carbons (Fsp3) is 0. The van der Waals surface area contributed by atoms with Crippen LogP contribution >= 0.6 is 0 Å². The van der Waals surface area contributed by atoms with Crippen LogP contribution in [0.2, 0.25) is 0 Å². The van der Waals surface area contributed by atoms with E-state index < -0.39 is 0 Å². The van der Waals surface area contributed by atoms with Crippen LogP contribution < -0.4 is 4.90 Å². The lowest BCUT2D eigenvalue weighted by atomic mass is 9.95. The molecule has 0 atom stereocenters. The van der Waals surface area contributed by atoms with Crippen molar-refractivity contribution in [1.82, 2.24) is 0 Å². The Balaban J connectivity index is 1.28. The van der Waals surface area contributed by atoms with Crippen LogP contribution in [0.15, 0.2) is 180 Å². The molecule has 1 heterocycles. The molecule has 0 aliphatic rings. The summed E-state index contributed by atoms with van der Waals surface area (Å²) in [5.41, 5.74) is 7.45. The predicted molar refractivity (Wildman–Crippen MR) is 204 cm³/mol. The first-order valence-electron chi connectivity index (χ1n) is 16.4. The summed E-state index contributed by atoms with van der Waals surface area (Å²) in [5, 5.41) is 12.2. The highest BCUT2D eigenvalue weighted by Gasteiger charge is 2.22. The van der Waals surface area contributed by atoms with Gasteiger partial charge in [-0.15, -0.1) is 0 Å². The molecule has 0 N–H and O–H groups in total. The third kappa shape index (κ3) is 4.06. The zero-order chi connectivity index (χ0) is 31.6. The fourth-order valence-electron chi connectivity index (χ4n) is 7.67. The third-order valence-electron chi connectivity index (χ3n) is 9.83. The van der Waals surface area contributed by atoms with Crippen molar-refractivity contribution < 1.29 is 4.42 Å². The minimum Gasteiger partial charge on any atom is -0.456 e. The Hall–Kier alpha value is -6.38. The van der Waals surface area contributed by atoms with Gasteiger partial charge in [0, 0.05) is 16.5 Å². The third-order valence-corrected chi connectivity index (χ3v) is 9.83. The first kappa shape index (κ1) is 26.8. The highest BCUT2D eigenvalue weighted by Crippen LogP contribution is 2.46. The van der Waals surface area contributed by atoms with E-state index in [0.717, 1.165) is 39.0 Å². The highest BCUT2D eigenvalue weighted by atomic mass is 16.3. The average molecular weight is 612 g/mol. The smallest absolute Gasteiger partial charge is 0.137 e. The normalized spacial score (nSPS) is 11.8. The van der Waals surface area contributed by atoms with E-state index in [1.165, 1.54) is 54.2 Å². The van der Waals surface area contributed by atoms with Gasteiger partial charge in [-0.1, -0.05) is 140 Å².